The smallest absolute Gasteiger partial charge is 0.269 e. The largest absolute Gasteiger partial charge is 0.503 e. The zero-order valence-corrected chi connectivity index (χ0v) is 15.7. The van der Waals surface area contributed by atoms with Crippen LogP contribution in [0.5, 0.6) is 11.5 Å². The molecule has 3 aromatic rings. The van der Waals surface area contributed by atoms with Crippen molar-refractivity contribution in [2.75, 3.05) is 7.11 Å². The van der Waals surface area contributed by atoms with Crippen LogP contribution in [0.25, 0.3) is 22.5 Å². The van der Waals surface area contributed by atoms with E-state index in [2.05, 4.69) is 17.1 Å². The zero-order valence-electron chi connectivity index (χ0n) is 14.2. The molecule has 0 unspecified atom stereocenters. The SMILES string of the molecule is CCc1ccc(-c2noc(/C(Cl)=C/c3cc(Cl)c(O)c(OC)c3)n2)cc1. The van der Waals surface area contributed by atoms with Crippen LogP contribution in [0.1, 0.15) is 23.9 Å². The molecular formula is C19H16Cl2N2O3. The van der Waals surface area contributed by atoms with E-state index in [1.165, 1.54) is 12.7 Å². The Labute approximate surface area is 160 Å². The van der Waals surface area contributed by atoms with Gasteiger partial charge in [0.2, 0.25) is 5.82 Å². The summed E-state index contributed by atoms with van der Waals surface area (Å²) in [7, 11) is 1.44. The Kier molecular flexibility index (Phi) is 5.49. The number of methoxy groups -OCH3 is 1. The van der Waals surface area contributed by atoms with Gasteiger partial charge in [0.15, 0.2) is 11.5 Å². The quantitative estimate of drug-likeness (QED) is 0.631. The van der Waals surface area contributed by atoms with E-state index < -0.39 is 0 Å². The van der Waals surface area contributed by atoms with Gasteiger partial charge >= 0.3 is 0 Å². The molecule has 1 N–H and O–H groups in total. The fraction of sp³-hybridized carbons (Fsp3) is 0.158. The number of aromatic hydroxyl groups is 1. The van der Waals surface area contributed by atoms with Gasteiger partial charge in [0.25, 0.3) is 5.89 Å². The van der Waals surface area contributed by atoms with Gasteiger partial charge in [-0.1, -0.05) is 59.5 Å². The van der Waals surface area contributed by atoms with Crippen molar-refractivity contribution in [1.29, 1.82) is 0 Å². The van der Waals surface area contributed by atoms with Gasteiger partial charge in [-0.2, -0.15) is 4.98 Å². The maximum atomic E-state index is 9.79. The number of hydrogen-bond donors (Lipinski definition) is 1. The Morgan fingerprint density at radius 2 is 2.00 bits per heavy atom. The lowest BCUT2D eigenvalue weighted by atomic mass is 10.1. The van der Waals surface area contributed by atoms with E-state index in [-0.39, 0.29) is 27.4 Å². The number of ether oxygens (including phenoxy) is 1. The van der Waals surface area contributed by atoms with Crippen molar-refractivity contribution in [3.05, 3.63) is 58.4 Å². The fourth-order valence-corrected chi connectivity index (χ4v) is 2.79. The van der Waals surface area contributed by atoms with Crippen molar-refractivity contribution < 1.29 is 14.4 Å². The number of nitrogens with zero attached hydrogens (tertiary/aromatic N) is 2. The highest BCUT2D eigenvalue weighted by atomic mass is 35.5. The van der Waals surface area contributed by atoms with Crippen LogP contribution in [0.15, 0.2) is 40.9 Å². The number of aryl methyl sites for hydroxylation is 1. The van der Waals surface area contributed by atoms with Crippen LogP contribution in [0.3, 0.4) is 0 Å². The van der Waals surface area contributed by atoms with Crippen LogP contribution < -0.4 is 4.74 Å². The Morgan fingerprint density at radius 3 is 2.65 bits per heavy atom. The van der Waals surface area contributed by atoms with Crippen molar-refractivity contribution in [2.45, 2.75) is 13.3 Å². The molecule has 0 spiro atoms. The van der Waals surface area contributed by atoms with Gasteiger partial charge in [0.05, 0.1) is 12.1 Å². The first-order valence-corrected chi connectivity index (χ1v) is 8.64. The predicted molar refractivity (Wildman–Crippen MR) is 103 cm³/mol. The molecule has 0 fully saturated rings. The second kappa shape index (κ2) is 7.81. The summed E-state index contributed by atoms with van der Waals surface area (Å²) in [4.78, 5) is 4.32. The van der Waals surface area contributed by atoms with E-state index in [0.717, 1.165) is 12.0 Å². The van der Waals surface area contributed by atoms with Gasteiger partial charge in [0, 0.05) is 5.56 Å². The molecule has 2 aromatic carbocycles. The molecule has 0 amide bonds. The summed E-state index contributed by atoms with van der Waals surface area (Å²) in [5, 5.41) is 14.2. The predicted octanol–water partition coefficient (Wildman–Crippen LogP) is 5.40. The monoisotopic (exact) mass is 390 g/mol. The van der Waals surface area contributed by atoms with Gasteiger partial charge in [-0.05, 0) is 35.8 Å². The van der Waals surface area contributed by atoms with E-state index in [1.54, 1.807) is 18.2 Å². The molecule has 1 aromatic heterocycles. The summed E-state index contributed by atoms with van der Waals surface area (Å²) in [5.41, 5.74) is 2.70. The normalized spacial score (nSPS) is 11.6. The molecule has 3 rings (SSSR count). The van der Waals surface area contributed by atoms with Crippen LogP contribution in [0.4, 0.5) is 0 Å². The Morgan fingerprint density at radius 1 is 1.27 bits per heavy atom. The molecule has 5 nitrogen and oxygen atoms in total. The van der Waals surface area contributed by atoms with Crippen LogP contribution >= 0.6 is 23.2 Å². The van der Waals surface area contributed by atoms with E-state index >= 15 is 0 Å². The molecule has 0 bridgehead atoms. The maximum Gasteiger partial charge on any atom is 0.269 e. The number of aromatic nitrogens is 2. The second-order valence-electron chi connectivity index (χ2n) is 5.52. The maximum absolute atomic E-state index is 9.79. The molecule has 0 saturated heterocycles. The summed E-state index contributed by atoms with van der Waals surface area (Å²) >= 11 is 12.3. The molecule has 0 radical (unpaired) electrons. The lowest BCUT2D eigenvalue weighted by Gasteiger charge is -2.06. The first-order valence-electron chi connectivity index (χ1n) is 7.89. The van der Waals surface area contributed by atoms with Gasteiger partial charge < -0.3 is 14.4 Å². The highest BCUT2D eigenvalue weighted by Gasteiger charge is 2.13. The number of hydrogen-bond acceptors (Lipinski definition) is 5. The third kappa shape index (κ3) is 3.84. The Bertz CT molecular complexity index is 950. The molecule has 0 aliphatic carbocycles. The molecule has 7 heteroatoms. The van der Waals surface area contributed by atoms with Crippen molar-refractivity contribution in [1.82, 2.24) is 10.1 Å². The average molecular weight is 391 g/mol. The lowest BCUT2D eigenvalue weighted by Crippen LogP contribution is -1.86. The minimum Gasteiger partial charge on any atom is -0.503 e. The third-order valence-electron chi connectivity index (χ3n) is 3.81. The number of phenols is 1. The summed E-state index contributed by atoms with van der Waals surface area (Å²) in [6.45, 7) is 2.09. The van der Waals surface area contributed by atoms with Gasteiger partial charge in [-0.3, -0.25) is 0 Å². The summed E-state index contributed by atoms with van der Waals surface area (Å²) in [6.07, 6.45) is 2.57. The van der Waals surface area contributed by atoms with Crippen molar-refractivity contribution in [3.63, 3.8) is 0 Å². The highest BCUT2D eigenvalue weighted by molar-refractivity contribution is 6.50. The van der Waals surface area contributed by atoms with Crippen LogP contribution in [0, 0.1) is 0 Å². The molecule has 0 aliphatic heterocycles. The second-order valence-corrected chi connectivity index (χ2v) is 6.33. The Hall–Kier alpha value is -2.50. The van der Waals surface area contributed by atoms with E-state index in [0.29, 0.717) is 11.4 Å². The molecule has 0 atom stereocenters. The number of phenolic OH excluding ortho intramolecular Hbond substituents is 1. The van der Waals surface area contributed by atoms with Gasteiger partial charge in [-0.25, -0.2) is 0 Å². The summed E-state index contributed by atoms with van der Waals surface area (Å²) < 4.78 is 10.3. The van der Waals surface area contributed by atoms with Gasteiger partial charge in [0.1, 0.15) is 5.03 Å². The van der Waals surface area contributed by atoms with Gasteiger partial charge in [-0.15, -0.1) is 0 Å². The highest BCUT2D eigenvalue weighted by Crippen LogP contribution is 2.36. The van der Waals surface area contributed by atoms with Crippen molar-refractivity contribution in [2.24, 2.45) is 0 Å². The standard InChI is InChI=1S/C19H16Cl2N2O3/c1-3-11-4-6-13(7-5-11)18-22-19(26-23-18)15(21)9-12-8-14(20)17(24)16(10-12)25-2/h4-10,24H,3H2,1-2H3/b15-9-. The van der Waals surface area contributed by atoms with E-state index in [1.807, 2.05) is 24.3 Å². The number of rotatable bonds is 5. The van der Waals surface area contributed by atoms with Crippen molar-refractivity contribution >= 4 is 34.3 Å². The minimum absolute atomic E-state index is 0.127. The molecule has 0 aliphatic rings. The summed E-state index contributed by atoms with van der Waals surface area (Å²) in [6, 6.07) is 11.1. The Balaban J connectivity index is 1.88. The topological polar surface area (TPSA) is 68.4 Å². The minimum atomic E-state index is -0.127. The molecule has 134 valence electrons. The van der Waals surface area contributed by atoms with Crippen LogP contribution in [-0.4, -0.2) is 22.4 Å². The summed E-state index contributed by atoms with van der Waals surface area (Å²) in [5.74, 6) is 0.758. The van der Waals surface area contributed by atoms with E-state index in [4.69, 9.17) is 32.5 Å². The molecule has 0 saturated carbocycles. The van der Waals surface area contributed by atoms with Crippen molar-refractivity contribution in [3.8, 4) is 22.9 Å². The lowest BCUT2D eigenvalue weighted by molar-refractivity contribution is 0.373. The van der Waals surface area contributed by atoms with E-state index in [9.17, 15) is 5.11 Å². The fourth-order valence-electron chi connectivity index (χ4n) is 2.37. The molecular weight excluding hydrogens is 375 g/mol. The number of benzene rings is 2. The molecule has 1 heterocycles. The number of halogens is 2. The molecule has 26 heavy (non-hydrogen) atoms. The zero-order chi connectivity index (χ0) is 18.7. The average Bonchev–Trinajstić information content (AvgIpc) is 3.15. The van der Waals surface area contributed by atoms with Crippen LogP contribution in [0.2, 0.25) is 5.02 Å². The first kappa shape index (κ1) is 18.3. The van der Waals surface area contributed by atoms with Crippen LogP contribution in [-0.2, 0) is 6.42 Å². The third-order valence-corrected chi connectivity index (χ3v) is 4.37. The first-order chi connectivity index (χ1) is 12.5.